The first kappa shape index (κ1) is 13.8. The van der Waals surface area contributed by atoms with Crippen LogP contribution in [0.15, 0.2) is 0 Å². The Labute approximate surface area is 86.0 Å². The fraction of sp³-hybridized carbons (Fsp3) is 0.500. The molecule has 0 bridgehead atoms. The van der Waals surface area contributed by atoms with Crippen LogP contribution in [0, 0.1) is 0 Å². The molecular formula is C6H6F3NO4S. The third-order valence-corrected chi connectivity index (χ3v) is 1.90. The first-order chi connectivity index (χ1) is 6.75. The normalized spacial score (nSPS) is 16.2. The van der Waals surface area contributed by atoms with Gasteiger partial charge in [-0.25, -0.2) is 4.79 Å². The molecule has 0 aromatic heterocycles. The summed E-state index contributed by atoms with van der Waals surface area (Å²) in [4.78, 5) is 29.6. The molecule has 1 rings (SSSR count). The number of hydrogen-bond acceptors (Lipinski definition) is 4. The third kappa shape index (κ3) is 5.94. The van der Waals surface area contributed by atoms with Crippen molar-refractivity contribution >= 4 is 28.8 Å². The molecule has 9 heteroatoms. The van der Waals surface area contributed by atoms with E-state index in [9.17, 15) is 22.8 Å². The summed E-state index contributed by atoms with van der Waals surface area (Å²) < 4.78 is 31.7. The molecule has 1 saturated heterocycles. The highest BCUT2D eigenvalue weighted by Gasteiger charge is 2.38. The Kier molecular flexibility index (Phi) is 5.12. The number of carbonyl (C=O) groups is 3. The minimum absolute atomic E-state index is 0.365. The molecule has 0 aromatic carbocycles. The summed E-state index contributed by atoms with van der Waals surface area (Å²) in [7, 11) is 0. The maximum Gasteiger partial charge on any atom is 0.490 e. The fourth-order valence-electron chi connectivity index (χ4n) is 0.446. The zero-order valence-electron chi connectivity index (χ0n) is 7.13. The number of hydrogen-bond donors (Lipinski definition) is 2. The Hall–Kier alpha value is -1.25. The van der Waals surface area contributed by atoms with Crippen molar-refractivity contribution in [2.75, 3.05) is 12.3 Å². The number of carboxylic acid groups (broad SMARTS) is 1. The van der Waals surface area contributed by atoms with Gasteiger partial charge in [0.25, 0.3) is 11.0 Å². The number of carboxylic acids is 1. The van der Waals surface area contributed by atoms with Gasteiger partial charge in [0.05, 0.1) is 0 Å². The molecule has 0 saturated carbocycles. The number of amides is 1. The second-order valence-corrected chi connectivity index (χ2v) is 3.26. The van der Waals surface area contributed by atoms with Crippen LogP contribution in [0.1, 0.15) is 0 Å². The van der Waals surface area contributed by atoms with Crippen molar-refractivity contribution in [3.05, 3.63) is 0 Å². The first-order valence-electron chi connectivity index (χ1n) is 3.50. The SMILES string of the molecule is O=C(O)C(F)(F)F.O=C1NCCSC1=O. The molecule has 2 N–H and O–H groups in total. The van der Waals surface area contributed by atoms with Crippen LogP contribution in [0.5, 0.6) is 0 Å². The van der Waals surface area contributed by atoms with Gasteiger partial charge >= 0.3 is 12.1 Å². The Morgan fingerprint density at radius 1 is 1.40 bits per heavy atom. The molecule has 1 aliphatic rings. The molecule has 0 spiro atoms. The second-order valence-electron chi connectivity index (χ2n) is 2.19. The highest BCUT2D eigenvalue weighted by atomic mass is 32.2. The third-order valence-electron chi connectivity index (χ3n) is 1.05. The van der Waals surface area contributed by atoms with E-state index >= 15 is 0 Å². The zero-order chi connectivity index (χ0) is 12.1. The highest BCUT2D eigenvalue weighted by molar-refractivity contribution is 8.15. The Bertz CT molecular complexity index is 262. The van der Waals surface area contributed by atoms with E-state index in [1.807, 2.05) is 0 Å². The van der Waals surface area contributed by atoms with Gasteiger partial charge in [0.1, 0.15) is 0 Å². The predicted molar refractivity (Wildman–Crippen MR) is 44.2 cm³/mol. The predicted octanol–water partition coefficient (Wildman–Crippen LogP) is 0.00930. The fourth-order valence-corrected chi connectivity index (χ4v) is 1.04. The van der Waals surface area contributed by atoms with E-state index in [4.69, 9.17) is 9.90 Å². The van der Waals surface area contributed by atoms with Crippen LogP contribution in [0.3, 0.4) is 0 Å². The van der Waals surface area contributed by atoms with Crippen molar-refractivity contribution in [2.45, 2.75) is 6.18 Å². The molecule has 0 unspecified atom stereocenters. The van der Waals surface area contributed by atoms with Gasteiger partial charge in [-0.2, -0.15) is 13.2 Å². The Balaban J connectivity index is 0.000000265. The summed E-state index contributed by atoms with van der Waals surface area (Å²) in [6.07, 6.45) is -5.08. The van der Waals surface area contributed by atoms with Crippen molar-refractivity contribution < 1.29 is 32.7 Å². The summed E-state index contributed by atoms with van der Waals surface area (Å²) >= 11 is 1.08. The number of alkyl halides is 3. The summed E-state index contributed by atoms with van der Waals surface area (Å²) in [5.74, 6) is -2.50. The van der Waals surface area contributed by atoms with Crippen molar-refractivity contribution in [3.63, 3.8) is 0 Å². The van der Waals surface area contributed by atoms with Gasteiger partial charge in [-0.05, 0) is 0 Å². The van der Waals surface area contributed by atoms with E-state index < -0.39 is 18.1 Å². The Morgan fingerprint density at radius 2 is 1.87 bits per heavy atom. The van der Waals surface area contributed by atoms with E-state index in [0.717, 1.165) is 11.8 Å². The van der Waals surface area contributed by atoms with E-state index in [2.05, 4.69) is 5.32 Å². The van der Waals surface area contributed by atoms with Crippen LogP contribution in [0.4, 0.5) is 13.2 Å². The molecule has 0 atom stereocenters. The molecular weight excluding hydrogens is 239 g/mol. The van der Waals surface area contributed by atoms with Gasteiger partial charge in [0.2, 0.25) is 0 Å². The summed E-state index contributed by atoms with van der Waals surface area (Å²) in [5, 5.41) is 9.18. The van der Waals surface area contributed by atoms with Gasteiger partial charge < -0.3 is 10.4 Å². The smallest absolute Gasteiger partial charge is 0.475 e. The van der Waals surface area contributed by atoms with Crippen LogP contribution in [0.25, 0.3) is 0 Å². The first-order valence-corrected chi connectivity index (χ1v) is 4.48. The maximum absolute atomic E-state index is 10.6. The zero-order valence-corrected chi connectivity index (χ0v) is 7.94. The van der Waals surface area contributed by atoms with Crippen molar-refractivity contribution in [1.82, 2.24) is 5.32 Å². The van der Waals surface area contributed by atoms with Crippen LogP contribution in [0.2, 0.25) is 0 Å². The van der Waals surface area contributed by atoms with Crippen molar-refractivity contribution in [1.29, 1.82) is 0 Å². The van der Waals surface area contributed by atoms with Crippen molar-refractivity contribution in [2.24, 2.45) is 0 Å². The minimum atomic E-state index is -5.08. The molecule has 0 aromatic rings. The molecule has 15 heavy (non-hydrogen) atoms. The lowest BCUT2D eigenvalue weighted by Gasteiger charge is -2.07. The van der Waals surface area contributed by atoms with E-state index in [1.54, 1.807) is 0 Å². The molecule has 86 valence electrons. The largest absolute Gasteiger partial charge is 0.490 e. The van der Waals surface area contributed by atoms with Crippen LogP contribution in [-0.2, 0) is 14.4 Å². The van der Waals surface area contributed by atoms with E-state index in [1.165, 1.54) is 0 Å². The maximum atomic E-state index is 10.6. The molecule has 1 heterocycles. The number of carbonyl (C=O) groups excluding carboxylic acids is 2. The van der Waals surface area contributed by atoms with Gasteiger partial charge in [0, 0.05) is 12.3 Å². The average molecular weight is 245 g/mol. The number of aliphatic carboxylic acids is 1. The van der Waals surface area contributed by atoms with Gasteiger partial charge in [-0.1, -0.05) is 11.8 Å². The van der Waals surface area contributed by atoms with Crippen LogP contribution < -0.4 is 5.32 Å². The molecule has 0 radical (unpaired) electrons. The van der Waals surface area contributed by atoms with Gasteiger partial charge in [-0.3, -0.25) is 9.59 Å². The molecule has 0 aliphatic carbocycles. The number of nitrogens with one attached hydrogen (secondary N) is 1. The molecule has 1 fully saturated rings. The topological polar surface area (TPSA) is 83.5 Å². The van der Waals surface area contributed by atoms with Crippen LogP contribution in [-0.4, -0.2) is 40.6 Å². The standard InChI is InChI=1S/C4H5NO2S.C2HF3O2/c6-3-4(7)8-2-1-5-3;3-2(4,5)1(6)7/h1-2H2,(H,5,6);(H,6,7). The summed E-state index contributed by atoms with van der Waals surface area (Å²) in [6.45, 7) is 0.620. The molecule has 5 nitrogen and oxygen atoms in total. The van der Waals surface area contributed by atoms with Crippen LogP contribution >= 0.6 is 11.8 Å². The molecule has 1 amide bonds. The monoisotopic (exact) mass is 245 g/mol. The quantitative estimate of drug-likeness (QED) is 0.587. The molecule has 1 aliphatic heterocycles. The van der Waals surface area contributed by atoms with Gasteiger partial charge in [0.15, 0.2) is 0 Å². The lowest BCUT2D eigenvalue weighted by molar-refractivity contribution is -0.192. The number of halogens is 3. The van der Waals surface area contributed by atoms with Gasteiger partial charge in [-0.15, -0.1) is 0 Å². The summed E-state index contributed by atoms with van der Waals surface area (Å²) in [6, 6.07) is 0. The van der Waals surface area contributed by atoms with E-state index in [-0.39, 0.29) is 5.12 Å². The number of thioether (sulfide) groups is 1. The van der Waals surface area contributed by atoms with E-state index in [0.29, 0.717) is 12.3 Å². The lowest BCUT2D eigenvalue weighted by Crippen LogP contribution is -2.35. The number of rotatable bonds is 0. The lowest BCUT2D eigenvalue weighted by atomic mass is 10.6. The van der Waals surface area contributed by atoms with Crippen molar-refractivity contribution in [3.8, 4) is 0 Å². The average Bonchev–Trinajstić information content (AvgIpc) is 2.09. The summed E-state index contributed by atoms with van der Waals surface area (Å²) in [5.41, 5.74) is 0. The minimum Gasteiger partial charge on any atom is -0.475 e. The highest BCUT2D eigenvalue weighted by Crippen LogP contribution is 2.13. The Morgan fingerprint density at radius 3 is 2.07 bits per heavy atom. The second kappa shape index (κ2) is 5.59.